The lowest BCUT2D eigenvalue weighted by atomic mass is 10.2. The topological polar surface area (TPSA) is 72.2 Å². The normalized spacial score (nSPS) is 10.9. The van der Waals surface area contributed by atoms with E-state index in [1.807, 2.05) is 11.5 Å². The van der Waals surface area contributed by atoms with E-state index in [9.17, 15) is 8.42 Å². The molecule has 0 fully saturated rings. The number of nitrogens with two attached hydrogens (primary N) is 1. The zero-order chi connectivity index (χ0) is 10.6. The van der Waals surface area contributed by atoms with Gasteiger partial charge in [0.25, 0.3) is 0 Å². The fraction of sp³-hybridized carbons (Fsp3) is 0.125. The van der Waals surface area contributed by atoms with Crippen molar-refractivity contribution in [2.24, 2.45) is 5.84 Å². The van der Waals surface area contributed by atoms with Gasteiger partial charge in [0.2, 0.25) is 14.2 Å². The Bertz CT molecular complexity index is 414. The van der Waals surface area contributed by atoms with Gasteiger partial charge in [0, 0.05) is 0 Å². The second-order valence-electron chi connectivity index (χ2n) is 2.68. The van der Waals surface area contributed by atoms with Gasteiger partial charge >= 0.3 is 0 Å². The molecule has 0 aromatic heterocycles. The first kappa shape index (κ1) is 11.1. The van der Waals surface area contributed by atoms with Crippen LogP contribution < -0.4 is 11.3 Å². The molecule has 0 aliphatic rings. The lowest BCUT2D eigenvalue weighted by molar-refractivity contribution is 0.605. The maximum absolute atomic E-state index is 11.4. The zero-order valence-electron chi connectivity index (χ0n) is 7.30. The highest BCUT2D eigenvalue weighted by Crippen LogP contribution is 2.06. The van der Waals surface area contributed by atoms with E-state index in [0.29, 0.717) is 5.56 Å². The van der Waals surface area contributed by atoms with Crippen molar-refractivity contribution in [3.8, 4) is 0 Å². The summed E-state index contributed by atoms with van der Waals surface area (Å²) in [6.45, 7) is 0. The van der Waals surface area contributed by atoms with Crippen molar-refractivity contribution in [3.05, 3.63) is 35.9 Å². The van der Waals surface area contributed by atoms with Crippen molar-refractivity contribution in [1.29, 1.82) is 0 Å². The van der Waals surface area contributed by atoms with E-state index in [-0.39, 0.29) is 10.1 Å². The van der Waals surface area contributed by atoms with Gasteiger partial charge in [0.1, 0.15) is 0 Å². The van der Waals surface area contributed by atoms with Gasteiger partial charge in [-0.3, -0.25) is 0 Å². The summed E-state index contributed by atoms with van der Waals surface area (Å²) in [6.07, 6.45) is 0. The van der Waals surface area contributed by atoms with Crippen LogP contribution in [0.25, 0.3) is 0 Å². The Labute approximate surface area is 88.0 Å². The minimum absolute atomic E-state index is 0.128. The summed E-state index contributed by atoms with van der Waals surface area (Å²) < 4.78 is 22.6. The Morgan fingerprint density at radius 1 is 1.36 bits per heavy atom. The first-order valence-corrected chi connectivity index (χ1v) is 5.89. The van der Waals surface area contributed by atoms with E-state index in [1.165, 1.54) is 0 Å². The fourth-order valence-corrected chi connectivity index (χ4v) is 2.07. The zero-order valence-corrected chi connectivity index (χ0v) is 8.94. The van der Waals surface area contributed by atoms with Crippen LogP contribution in [-0.2, 0) is 15.6 Å². The molecule has 0 spiro atoms. The molecule has 0 saturated carbocycles. The van der Waals surface area contributed by atoms with Crippen molar-refractivity contribution in [2.45, 2.75) is 5.75 Å². The van der Waals surface area contributed by atoms with Crippen LogP contribution in [-0.4, -0.2) is 12.7 Å². The molecule has 14 heavy (non-hydrogen) atoms. The highest BCUT2D eigenvalue weighted by Gasteiger charge is 2.16. The van der Waals surface area contributed by atoms with Gasteiger partial charge in [0.05, 0.1) is 5.75 Å². The molecule has 0 saturated heterocycles. The van der Waals surface area contributed by atoms with Crippen LogP contribution >= 0.6 is 12.2 Å². The summed E-state index contributed by atoms with van der Waals surface area (Å²) in [4.78, 5) is 0. The largest absolute Gasteiger partial charge is 0.305 e. The number of hydrazine groups is 1. The maximum atomic E-state index is 11.4. The Morgan fingerprint density at radius 3 is 2.43 bits per heavy atom. The van der Waals surface area contributed by atoms with Gasteiger partial charge in [-0.1, -0.05) is 30.3 Å². The molecule has 1 rings (SSSR count). The summed E-state index contributed by atoms with van der Waals surface area (Å²) in [7, 11) is -3.47. The molecule has 0 unspecified atom stereocenters. The third kappa shape index (κ3) is 2.76. The molecule has 0 amide bonds. The second kappa shape index (κ2) is 4.50. The standard InChI is InChI=1S/C8H10N2O2S2/c9-10-8(13)14(11,12)6-7-4-2-1-3-5-7/h1-5H,6,9H2,(H,10,13). The molecule has 3 N–H and O–H groups in total. The van der Waals surface area contributed by atoms with Crippen molar-refractivity contribution < 1.29 is 8.42 Å². The first-order chi connectivity index (χ1) is 6.56. The molecule has 0 atom stereocenters. The fourth-order valence-electron chi connectivity index (χ4n) is 0.949. The van der Waals surface area contributed by atoms with Crippen LogP contribution in [0.5, 0.6) is 0 Å². The summed E-state index contributed by atoms with van der Waals surface area (Å²) in [5.74, 6) is 4.81. The summed E-state index contributed by atoms with van der Waals surface area (Å²) in [5, 5.41) is 0. The lowest BCUT2D eigenvalue weighted by Crippen LogP contribution is -2.35. The van der Waals surface area contributed by atoms with Crippen LogP contribution in [0.3, 0.4) is 0 Å². The highest BCUT2D eigenvalue weighted by molar-refractivity contribution is 8.16. The summed E-state index contributed by atoms with van der Waals surface area (Å²) >= 11 is 4.57. The van der Waals surface area contributed by atoms with Gasteiger partial charge in [-0.2, -0.15) is 0 Å². The number of sulfone groups is 1. The molecule has 0 aliphatic carbocycles. The SMILES string of the molecule is NNC(=S)S(=O)(=O)Cc1ccccc1. The molecule has 4 nitrogen and oxygen atoms in total. The predicted molar refractivity (Wildman–Crippen MR) is 59.0 cm³/mol. The average Bonchev–Trinajstić information content (AvgIpc) is 2.17. The minimum Gasteiger partial charge on any atom is -0.305 e. The van der Waals surface area contributed by atoms with E-state index in [0.717, 1.165) is 0 Å². The molecule has 0 bridgehead atoms. The quantitative estimate of drug-likeness (QED) is 0.436. The van der Waals surface area contributed by atoms with Gasteiger partial charge in [-0.25, -0.2) is 14.3 Å². The van der Waals surface area contributed by atoms with Gasteiger partial charge in [-0.15, -0.1) is 0 Å². The molecule has 76 valence electrons. The molecule has 0 heterocycles. The van der Waals surface area contributed by atoms with E-state index in [4.69, 9.17) is 5.84 Å². The minimum atomic E-state index is -3.47. The molecule has 1 aromatic rings. The van der Waals surface area contributed by atoms with Crippen molar-refractivity contribution in [2.75, 3.05) is 0 Å². The first-order valence-electron chi connectivity index (χ1n) is 3.83. The van der Waals surface area contributed by atoms with Crippen molar-refractivity contribution >= 4 is 26.4 Å². The lowest BCUT2D eigenvalue weighted by Gasteiger charge is -2.04. The van der Waals surface area contributed by atoms with Crippen LogP contribution in [0.1, 0.15) is 5.56 Å². The smallest absolute Gasteiger partial charge is 0.209 e. The van der Waals surface area contributed by atoms with Gasteiger partial charge in [-0.05, 0) is 17.8 Å². The third-order valence-corrected chi connectivity index (χ3v) is 3.88. The van der Waals surface area contributed by atoms with Crippen molar-refractivity contribution in [3.63, 3.8) is 0 Å². The average molecular weight is 230 g/mol. The van der Waals surface area contributed by atoms with Crippen molar-refractivity contribution in [1.82, 2.24) is 5.43 Å². The number of hydrogen-bond donors (Lipinski definition) is 2. The van der Waals surface area contributed by atoms with Crippen LogP contribution in [0, 0.1) is 0 Å². The molecule has 0 aliphatic heterocycles. The summed E-state index contributed by atoms with van der Waals surface area (Å²) in [6, 6.07) is 8.79. The predicted octanol–water partition coefficient (Wildman–Crippen LogP) is 0.350. The molecule has 0 radical (unpaired) electrons. The Kier molecular flexibility index (Phi) is 3.56. The number of hydrogen-bond acceptors (Lipinski definition) is 4. The van der Waals surface area contributed by atoms with E-state index < -0.39 is 9.84 Å². The van der Waals surface area contributed by atoms with Gasteiger partial charge in [0.15, 0.2) is 0 Å². The monoisotopic (exact) mass is 230 g/mol. The third-order valence-electron chi connectivity index (χ3n) is 1.60. The number of nitrogens with one attached hydrogen (secondary N) is 1. The van der Waals surface area contributed by atoms with E-state index in [2.05, 4.69) is 12.2 Å². The Balaban J connectivity index is 2.85. The Morgan fingerprint density at radius 2 is 1.93 bits per heavy atom. The van der Waals surface area contributed by atoms with Crippen LogP contribution in [0.4, 0.5) is 0 Å². The van der Waals surface area contributed by atoms with Gasteiger partial charge < -0.3 is 5.43 Å². The molecule has 1 aromatic carbocycles. The highest BCUT2D eigenvalue weighted by atomic mass is 32.2. The number of benzene rings is 1. The van der Waals surface area contributed by atoms with Crippen LogP contribution in [0.15, 0.2) is 30.3 Å². The summed E-state index contributed by atoms with van der Waals surface area (Å²) in [5.41, 5.74) is 2.65. The molecule has 6 heteroatoms. The number of rotatable bonds is 2. The van der Waals surface area contributed by atoms with E-state index in [1.54, 1.807) is 24.3 Å². The number of thiocarbonyl (C=S) groups is 1. The second-order valence-corrected chi connectivity index (χ2v) is 5.27. The van der Waals surface area contributed by atoms with E-state index >= 15 is 0 Å². The Hall–Kier alpha value is -0.980. The van der Waals surface area contributed by atoms with Crippen LogP contribution in [0.2, 0.25) is 0 Å². The molecular weight excluding hydrogens is 220 g/mol. The molecular formula is C8H10N2O2S2. The maximum Gasteiger partial charge on any atom is 0.209 e.